The lowest BCUT2D eigenvalue weighted by Gasteiger charge is -2.01. The molecular formula is C9H13NO. The molecule has 0 saturated carbocycles. The van der Waals surface area contributed by atoms with Crippen LogP contribution in [-0.4, -0.2) is 16.7 Å². The summed E-state index contributed by atoms with van der Waals surface area (Å²) in [5.41, 5.74) is 2.31. The fraction of sp³-hybridized carbons (Fsp3) is 0.444. The molecule has 1 heterocycles. The summed E-state index contributed by atoms with van der Waals surface area (Å²) in [5.74, 6) is 0. The molecular weight excluding hydrogens is 138 g/mol. The van der Waals surface area contributed by atoms with Gasteiger partial charge in [0.05, 0.1) is 0 Å². The van der Waals surface area contributed by atoms with Crippen molar-refractivity contribution in [2.45, 2.75) is 19.8 Å². The predicted octanol–water partition coefficient (Wildman–Crippen LogP) is 1.31. The van der Waals surface area contributed by atoms with Crippen molar-refractivity contribution in [1.29, 1.82) is 0 Å². The minimum Gasteiger partial charge on any atom is -0.396 e. The van der Waals surface area contributed by atoms with Crippen LogP contribution in [0, 0.1) is 6.92 Å². The highest BCUT2D eigenvalue weighted by molar-refractivity contribution is 5.18. The van der Waals surface area contributed by atoms with Crippen molar-refractivity contribution in [2.75, 3.05) is 6.61 Å². The minimum absolute atomic E-state index is 0.258. The van der Waals surface area contributed by atoms with Crippen LogP contribution in [0.15, 0.2) is 18.3 Å². The van der Waals surface area contributed by atoms with E-state index >= 15 is 0 Å². The SMILES string of the molecule is Cc1ncccc1CCCO. The van der Waals surface area contributed by atoms with Crippen LogP contribution in [-0.2, 0) is 6.42 Å². The van der Waals surface area contributed by atoms with Crippen LogP contribution in [0.1, 0.15) is 17.7 Å². The third kappa shape index (κ3) is 2.31. The molecule has 0 spiro atoms. The van der Waals surface area contributed by atoms with Crippen molar-refractivity contribution in [1.82, 2.24) is 4.98 Å². The van der Waals surface area contributed by atoms with Crippen LogP contribution >= 0.6 is 0 Å². The molecule has 11 heavy (non-hydrogen) atoms. The van der Waals surface area contributed by atoms with Crippen LogP contribution in [0.25, 0.3) is 0 Å². The number of nitrogens with zero attached hydrogens (tertiary/aromatic N) is 1. The van der Waals surface area contributed by atoms with Gasteiger partial charge in [-0.25, -0.2) is 0 Å². The van der Waals surface area contributed by atoms with Gasteiger partial charge in [-0.3, -0.25) is 4.98 Å². The lowest BCUT2D eigenvalue weighted by atomic mass is 10.1. The number of aliphatic hydroxyl groups is 1. The standard InChI is InChI=1S/C9H13NO/c1-8-9(5-3-7-11)4-2-6-10-8/h2,4,6,11H,3,5,7H2,1H3. The summed E-state index contributed by atoms with van der Waals surface area (Å²) >= 11 is 0. The maximum Gasteiger partial charge on any atom is 0.0434 e. The molecule has 0 aliphatic heterocycles. The number of aliphatic hydroxyl groups excluding tert-OH is 1. The Morgan fingerprint density at radius 2 is 2.36 bits per heavy atom. The normalized spacial score (nSPS) is 10.0. The van der Waals surface area contributed by atoms with E-state index in [1.54, 1.807) is 6.20 Å². The molecule has 1 rings (SSSR count). The van der Waals surface area contributed by atoms with E-state index in [0.29, 0.717) is 0 Å². The van der Waals surface area contributed by atoms with Crippen LogP contribution < -0.4 is 0 Å². The van der Waals surface area contributed by atoms with Gasteiger partial charge >= 0.3 is 0 Å². The van der Waals surface area contributed by atoms with Gasteiger partial charge in [0, 0.05) is 18.5 Å². The molecule has 0 saturated heterocycles. The number of pyridine rings is 1. The van der Waals surface area contributed by atoms with E-state index < -0.39 is 0 Å². The van der Waals surface area contributed by atoms with Gasteiger partial charge in [-0.2, -0.15) is 0 Å². The molecule has 0 unspecified atom stereocenters. The largest absolute Gasteiger partial charge is 0.396 e. The Morgan fingerprint density at radius 1 is 1.55 bits per heavy atom. The van der Waals surface area contributed by atoms with E-state index in [-0.39, 0.29) is 6.61 Å². The van der Waals surface area contributed by atoms with Crippen molar-refractivity contribution < 1.29 is 5.11 Å². The summed E-state index contributed by atoms with van der Waals surface area (Å²) in [6.07, 6.45) is 3.54. The predicted molar refractivity (Wildman–Crippen MR) is 44.4 cm³/mol. The first-order valence-electron chi connectivity index (χ1n) is 3.86. The molecule has 0 aliphatic rings. The van der Waals surface area contributed by atoms with Gasteiger partial charge in [-0.1, -0.05) is 6.07 Å². The van der Waals surface area contributed by atoms with E-state index in [1.807, 2.05) is 13.0 Å². The van der Waals surface area contributed by atoms with Crippen LogP contribution in [0.3, 0.4) is 0 Å². The second-order valence-electron chi connectivity index (χ2n) is 2.58. The van der Waals surface area contributed by atoms with Gasteiger partial charge in [-0.05, 0) is 31.4 Å². The van der Waals surface area contributed by atoms with Crippen molar-refractivity contribution >= 4 is 0 Å². The van der Waals surface area contributed by atoms with Gasteiger partial charge in [-0.15, -0.1) is 0 Å². The van der Waals surface area contributed by atoms with Crippen molar-refractivity contribution in [3.8, 4) is 0 Å². The molecule has 0 aromatic carbocycles. The first kappa shape index (κ1) is 8.21. The smallest absolute Gasteiger partial charge is 0.0434 e. The number of aromatic nitrogens is 1. The summed E-state index contributed by atoms with van der Waals surface area (Å²) in [4.78, 5) is 4.15. The minimum atomic E-state index is 0.258. The summed E-state index contributed by atoms with van der Waals surface area (Å²) in [5, 5.41) is 8.60. The monoisotopic (exact) mass is 151 g/mol. The third-order valence-electron chi connectivity index (χ3n) is 1.72. The molecule has 0 atom stereocenters. The molecule has 2 heteroatoms. The van der Waals surface area contributed by atoms with E-state index in [2.05, 4.69) is 11.1 Å². The van der Waals surface area contributed by atoms with Gasteiger partial charge < -0.3 is 5.11 Å². The zero-order valence-electron chi connectivity index (χ0n) is 6.75. The zero-order valence-corrected chi connectivity index (χ0v) is 6.75. The lowest BCUT2D eigenvalue weighted by molar-refractivity contribution is 0.288. The van der Waals surface area contributed by atoms with Crippen molar-refractivity contribution in [3.63, 3.8) is 0 Å². The molecule has 0 radical (unpaired) electrons. The Balaban J connectivity index is 2.62. The van der Waals surface area contributed by atoms with Gasteiger partial charge in [0.1, 0.15) is 0 Å². The fourth-order valence-electron chi connectivity index (χ4n) is 1.05. The van der Waals surface area contributed by atoms with Crippen molar-refractivity contribution in [3.05, 3.63) is 29.6 Å². The van der Waals surface area contributed by atoms with Crippen LogP contribution in [0.5, 0.6) is 0 Å². The number of hydrogen-bond acceptors (Lipinski definition) is 2. The highest BCUT2D eigenvalue weighted by Gasteiger charge is 1.95. The quantitative estimate of drug-likeness (QED) is 0.706. The second kappa shape index (κ2) is 4.09. The lowest BCUT2D eigenvalue weighted by Crippen LogP contribution is -1.93. The highest BCUT2D eigenvalue weighted by Crippen LogP contribution is 2.05. The van der Waals surface area contributed by atoms with Gasteiger partial charge in [0.15, 0.2) is 0 Å². The summed E-state index contributed by atoms with van der Waals surface area (Å²) < 4.78 is 0. The zero-order chi connectivity index (χ0) is 8.10. The molecule has 0 amide bonds. The fourth-order valence-corrected chi connectivity index (χ4v) is 1.05. The van der Waals surface area contributed by atoms with Gasteiger partial charge in [0.25, 0.3) is 0 Å². The number of hydrogen-bond donors (Lipinski definition) is 1. The molecule has 0 aliphatic carbocycles. The van der Waals surface area contributed by atoms with Crippen LogP contribution in [0.4, 0.5) is 0 Å². The molecule has 0 bridgehead atoms. The molecule has 60 valence electrons. The van der Waals surface area contributed by atoms with E-state index in [1.165, 1.54) is 5.56 Å². The molecule has 1 aromatic rings. The topological polar surface area (TPSA) is 33.1 Å². The summed E-state index contributed by atoms with van der Waals surface area (Å²) in [6, 6.07) is 3.98. The number of rotatable bonds is 3. The second-order valence-corrected chi connectivity index (χ2v) is 2.58. The molecule has 0 fully saturated rings. The average molecular weight is 151 g/mol. The summed E-state index contributed by atoms with van der Waals surface area (Å²) in [7, 11) is 0. The Morgan fingerprint density at radius 3 is 3.00 bits per heavy atom. The Kier molecular flexibility index (Phi) is 3.05. The molecule has 2 nitrogen and oxygen atoms in total. The summed E-state index contributed by atoms with van der Waals surface area (Å²) in [6.45, 7) is 2.25. The Labute approximate surface area is 66.9 Å². The first-order valence-corrected chi connectivity index (χ1v) is 3.86. The Bertz CT molecular complexity index is 223. The van der Waals surface area contributed by atoms with Crippen molar-refractivity contribution in [2.24, 2.45) is 0 Å². The molecule has 1 N–H and O–H groups in total. The third-order valence-corrected chi connectivity index (χ3v) is 1.72. The maximum absolute atomic E-state index is 8.60. The van der Waals surface area contributed by atoms with E-state index in [0.717, 1.165) is 18.5 Å². The maximum atomic E-state index is 8.60. The average Bonchev–Trinajstić information content (AvgIpc) is 2.03. The van der Waals surface area contributed by atoms with Crippen LogP contribution in [0.2, 0.25) is 0 Å². The Hall–Kier alpha value is -0.890. The van der Waals surface area contributed by atoms with Gasteiger partial charge in [0.2, 0.25) is 0 Å². The van der Waals surface area contributed by atoms with E-state index in [9.17, 15) is 0 Å². The highest BCUT2D eigenvalue weighted by atomic mass is 16.2. The van der Waals surface area contributed by atoms with E-state index in [4.69, 9.17) is 5.11 Å². The number of aryl methyl sites for hydroxylation is 2. The molecule has 1 aromatic heterocycles. The first-order chi connectivity index (χ1) is 5.34.